The van der Waals surface area contributed by atoms with Gasteiger partial charge in [0.15, 0.2) is 0 Å². The second kappa shape index (κ2) is 8.90. The minimum atomic E-state index is -0.592. The molecule has 0 aliphatic heterocycles. The number of hydrogen-bond acceptors (Lipinski definition) is 5. The molecule has 0 aliphatic carbocycles. The van der Waals surface area contributed by atoms with Crippen molar-refractivity contribution in [1.29, 1.82) is 0 Å². The number of carbonyl (C=O) groups excluding carboxylic acids is 2. The van der Waals surface area contributed by atoms with E-state index in [9.17, 15) is 9.59 Å². The molecule has 0 fully saturated rings. The van der Waals surface area contributed by atoms with Crippen molar-refractivity contribution in [3.8, 4) is 5.69 Å². The van der Waals surface area contributed by atoms with Gasteiger partial charge in [-0.1, -0.05) is 29.8 Å². The van der Waals surface area contributed by atoms with Crippen LogP contribution in [0.15, 0.2) is 61.1 Å². The molecule has 2 aromatic heterocycles. The van der Waals surface area contributed by atoms with Crippen LogP contribution in [-0.4, -0.2) is 43.7 Å². The normalized spacial score (nSPS) is 11.5. The van der Waals surface area contributed by atoms with E-state index in [1.54, 1.807) is 18.6 Å². The Balaban J connectivity index is 1.52. The first-order valence-corrected chi connectivity index (χ1v) is 10.8. The van der Waals surface area contributed by atoms with E-state index in [1.165, 1.54) is 9.36 Å². The summed E-state index contributed by atoms with van der Waals surface area (Å²) in [5.41, 5.74) is 3.23. The van der Waals surface area contributed by atoms with Gasteiger partial charge in [-0.25, -0.2) is 4.79 Å². The lowest BCUT2D eigenvalue weighted by atomic mass is 10.1. The van der Waals surface area contributed by atoms with Crippen molar-refractivity contribution in [2.24, 2.45) is 0 Å². The fraction of sp³-hybridized carbons (Fsp3) is 0.280. The number of nitrogens with zero attached hydrogens (tertiary/aromatic N) is 4. The Morgan fingerprint density at radius 1 is 1.06 bits per heavy atom. The highest BCUT2D eigenvalue weighted by atomic mass is 16.6. The van der Waals surface area contributed by atoms with Gasteiger partial charge >= 0.3 is 6.09 Å². The van der Waals surface area contributed by atoms with Crippen LogP contribution >= 0.6 is 0 Å². The zero-order chi connectivity index (χ0) is 23.6. The average molecular weight is 446 g/mol. The van der Waals surface area contributed by atoms with Gasteiger partial charge in [0.1, 0.15) is 5.60 Å². The van der Waals surface area contributed by atoms with Crippen molar-refractivity contribution in [3.05, 3.63) is 77.7 Å². The SMILES string of the molecule is Cc1ccc(-n2nccn2)c(C(=O)NCCc2cn(C(=O)OC(C)(C)C)c3ccccc23)c1. The first kappa shape index (κ1) is 22.3. The van der Waals surface area contributed by atoms with E-state index < -0.39 is 11.7 Å². The van der Waals surface area contributed by atoms with E-state index in [-0.39, 0.29) is 5.91 Å². The molecule has 0 saturated carbocycles. The maximum absolute atomic E-state index is 13.0. The molecule has 4 aromatic rings. The first-order chi connectivity index (χ1) is 15.7. The Morgan fingerprint density at radius 2 is 1.79 bits per heavy atom. The monoisotopic (exact) mass is 445 g/mol. The molecule has 33 heavy (non-hydrogen) atoms. The highest BCUT2D eigenvalue weighted by molar-refractivity contribution is 5.98. The molecule has 0 radical (unpaired) electrons. The van der Waals surface area contributed by atoms with Crippen LogP contribution in [0.5, 0.6) is 0 Å². The maximum Gasteiger partial charge on any atom is 0.419 e. The van der Waals surface area contributed by atoms with Crippen molar-refractivity contribution in [1.82, 2.24) is 24.9 Å². The second-order valence-electron chi connectivity index (χ2n) is 8.87. The van der Waals surface area contributed by atoms with Crippen molar-refractivity contribution in [3.63, 3.8) is 0 Å². The number of rotatable bonds is 5. The van der Waals surface area contributed by atoms with Gasteiger partial charge in [-0.05, 0) is 57.9 Å². The molecule has 0 bridgehead atoms. The quantitative estimate of drug-likeness (QED) is 0.495. The number of aryl methyl sites for hydroxylation is 1. The number of aromatic nitrogens is 4. The highest BCUT2D eigenvalue weighted by Crippen LogP contribution is 2.23. The second-order valence-corrected chi connectivity index (χ2v) is 8.87. The van der Waals surface area contributed by atoms with Crippen LogP contribution in [0, 0.1) is 6.92 Å². The summed E-state index contributed by atoms with van der Waals surface area (Å²) in [6.07, 6.45) is 5.06. The molecule has 0 saturated heterocycles. The molecule has 0 unspecified atom stereocenters. The molecule has 0 aliphatic rings. The highest BCUT2D eigenvalue weighted by Gasteiger charge is 2.21. The number of nitrogens with one attached hydrogen (secondary N) is 1. The number of hydrogen-bond donors (Lipinski definition) is 1. The largest absolute Gasteiger partial charge is 0.443 e. The molecule has 8 nitrogen and oxygen atoms in total. The summed E-state index contributed by atoms with van der Waals surface area (Å²) in [4.78, 5) is 27.1. The topological polar surface area (TPSA) is 91.0 Å². The Labute approximate surface area is 192 Å². The number of fused-ring (bicyclic) bond motifs is 1. The molecule has 1 amide bonds. The van der Waals surface area contributed by atoms with Gasteiger partial charge in [0.25, 0.3) is 5.91 Å². The van der Waals surface area contributed by atoms with Crippen molar-refractivity contribution >= 4 is 22.9 Å². The third-order valence-corrected chi connectivity index (χ3v) is 5.10. The summed E-state index contributed by atoms with van der Waals surface area (Å²) in [7, 11) is 0. The predicted molar refractivity (Wildman–Crippen MR) is 126 cm³/mol. The maximum atomic E-state index is 13.0. The van der Waals surface area contributed by atoms with Gasteiger partial charge in [0.05, 0.1) is 29.2 Å². The number of benzene rings is 2. The molecule has 170 valence electrons. The van der Waals surface area contributed by atoms with Gasteiger partial charge in [-0.2, -0.15) is 15.0 Å². The van der Waals surface area contributed by atoms with E-state index in [0.29, 0.717) is 24.2 Å². The molecule has 2 aromatic carbocycles. The van der Waals surface area contributed by atoms with Gasteiger partial charge in [0, 0.05) is 18.1 Å². The fourth-order valence-corrected chi connectivity index (χ4v) is 3.66. The fourth-order valence-electron chi connectivity index (χ4n) is 3.66. The number of amides is 1. The summed E-state index contributed by atoms with van der Waals surface area (Å²) >= 11 is 0. The molecule has 2 heterocycles. The van der Waals surface area contributed by atoms with Crippen LogP contribution in [0.1, 0.15) is 42.3 Å². The minimum Gasteiger partial charge on any atom is -0.443 e. The molecule has 4 rings (SSSR count). The summed E-state index contributed by atoms with van der Waals surface area (Å²) in [5.74, 6) is -0.207. The van der Waals surface area contributed by atoms with Crippen molar-refractivity contribution in [2.45, 2.75) is 39.7 Å². The summed E-state index contributed by atoms with van der Waals surface area (Å²) in [5, 5.41) is 12.2. The van der Waals surface area contributed by atoms with Crippen LogP contribution in [0.25, 0.3) is 16.6 Å². The van der Waals surface area contributed by atoms with Gasteiger partial charge in [0.2, 0.25) is 0 Å². The standard InChI is InChI=1S/C25H27N5O3/c1-17-9-10-22(30-27-13-14-28-30)20(15-17)23(31)26-12-11-18-16-29(24(32)33-25(2,3)4)21-8-6-5-7-19(18)21/h5-10,13-16H,11-12H2,1-4H3,(H,26,31). The zero-order valence-corrected chi connectivity index (χ0v) is 19.2. The average Bonchev–Trinajstić information content (AvgIpc) is 3.41. The lowest BCUT2D eigenvalue weighted by molar-refractivity contribution is 0.0544. The van der Waals surface area contributed by atoms with Crippen LogP contribution < -0.4 is 5.32 Å². The molecule has 0 spiro atoms. The van der Waals surface area contributed by atoms with Crippen molar-refractivity contribution in [2.75, 3.05) is 6.54 Å². The third-order valence-electron chi connectivity index (χ3n) is 5.10. The number of carbonyl (C=O) groups is 2. The van der Waals surface area contributed by atoms with E-state index in [4.69, 9.17) is 4.74 Å². The van der Waals surface area contributed by atoms with E-state index in [2.05, 4.69) is 15.5 Å². The Hall–Kier alpha value is -3.94. The van der Waals surface area contributed by atoms with Gasteiger partial charge < -0.3 is 10.1 Å². The van der Waals surface area contributed by atoms with Crippen LogP contribution in [0.2, 0.25) is 0 Å². The van der Waals surface area contributed by atoms with Crippen LogP contribution in [-0.2, 0) is 11.2 Å². The van der Waals surface area contributed by atoms with Crippen LogP contribution in [0.4, 0.5) is 4.79 Å². The molecule has 0 atom stereocenters. The van der Waals surface area contributed by atoms with E-state index in [0.717, 1.165) is 22.0 Å². The molecule has 8 heteroatoms. The lowest BCUT2D eigenvalue weighted by Gasteiger charge is -2.19. The molecular weight excluding hydrogens is 418 g/mol. The van der Waals surface area contributed by atoms with E-state index >= 15 is 0 Å². The Kier molecular flexibility index (Phi) is 6.00. The molecule has 1 N–H and O–H groups in total. The summed E-state index contributed by atoms with van der Waals surface area (Å²) < 4.78 is 7.07. The molecular formula is C25H27N5O3. The number of para-hydroxylation sites is 1. The first-order valence-electron chi connectivity index (χ1n) is 10.8. The Bertz CT molecular complexity index is 1300. The van der Waals surface area contributed by atoms with Gasteiger partial charge in [-0.3, -0.25) is 9.36 Å². The number of ether oxygens (including phenoxy) is 1. The van der Waals surface area contributed by atoms with Gasteiger partial charge in [-0.15, -0.1) is 0 Å². The smallest absolute Gasteiger partial charge is 0.419 e. The predicted octanol–water partition coefficient (Wildman–Crippen LogP) is 4.29. The third kappa shape index (κ3) is 4.95. The van der Waals surface area contributed by atoms with Crippen LogP contribution in [0.3, 0.4) is 0 Å². The summed E-state index contributed by atoms with van der Waals surface area (Å²) in [6.45, 7) is 7.85. The zero-order valence-electron chi connectivity index (χ0n) is 19.2. The van der Waals surface area contributed by atoms with E-state index in [1.807, 2.05) is 70.2 Å². The summed E-state index contributed by atoms with van der Waals surface area (Å²) in [6, 6.07) is 13.2. The minimum absolute atomic E-state index is 0.207. The lowest BCUT2D eigenvalue weighted by Crippen LogP contribution is -2.27. The van der Waals surface area contributed by atoms with Crippen molar-refractivity contribution < 1.29 is 14.3 Å². The Morgan fingerprint density at radius 3 is 2.52 bits per heavy atom.